The van der Waals surface area contributed by atoms with Gasteiger partial charge >= 0.3 is 5.97 Å². The molecule has 0 spiro atoms. The van der Waals surface area contributed by atoms with E-state index >= 15 is 0 Å². The number of ether oxygens (including phenoxy) is 1. The van der Waals surface area contributed by atoms with E-state index in [4.69, 9.17) is 4.74 Å². The number of para-hydroxylation sites is 1. The number of carbonyl (C=O) groups excluding carboxylic acids is 2. The van der Waals surface area contributed by atoms with E-state index in [0.29, 0.717) is 16.4 Å². The number of thiazole rings is 1. The molecular formula is C21H20N2O3S. The number of amides is 1. The molecule has 0 atom stereocenters. The summed E-state index contributed by atoms with van der Waals surface area (Å²) < 4.78 is 5.32. The van der Waals surface area contributed by atoms with Gasteiger partial charge in [-0.3, -0.25) is 9.69 Å². The molecule has 0 fully saturated rings. The summed E-state index contributed by atoms with van der Waals surface area (Å²) in [7, 11) is 0. The second kappa shape index (κ2) is 8.14. The molecule has 0 aliphatic carbocycles. The zero-order valence-corrected chi connectivity index (χ0v) is 16.2. The molecule has 0 N–H and O–H groups in total. The molecule has 0 aliphatic heterocycles. The molecule has 0 saturated heterocycles. The SMILES string of the molecule is CC(=O)N(c1nc(COC(=O)c2ccccc2)cs1)c1c(C)cccc1C. The molecule has 3 rings (SSSR count). The molecule has 27 heavy (non-hydrogen) atoms. The van der Waals surface area contributed by atoms with Crippen molar-refractivity contribution in [3.05, 3.63) is 76.3 Å². The zero-order chi connectivity index (χ0) is 19.4. The third kappa shape index (κ3) is 4.23. The average molecular weight is 380 g/mol. The van der Waals surface area contributed by atoms with Crippen LogP contribution in [0.4, 0.5) is 10.8 Å². The lowest BCUT2D eigenvalue weighted by atomic mass is 10.1. The van der Waals surface area contributed by atoms with Crippen LogP contribution < -0.4 is 4.90 Å². The van der Waals surface area contributed by atoms with Gasteiger partial charge in [-0.15, -0.1) is 11.3 Å². The van der Waals surface area contributed by atoms with Gasteiger partial charge in [0.25, 0.3) is 0 Å². The normalized spacial score (nSPS) is 10.5. The number of anilines is 2. The first-order valence-corrected chi connectivity index (χ1v) is 9.39. The Bertz CT molecular complexity index is 946. The van der Waals surface area contributed by atoms with E-state index in [-0.39, 0.29) is 12.5 Å². The largest absolute Gasteiger partial charge is 0.456 e. The maximum atomic E-state index is 12.3. The molecule has 0 unspecified atom stereocenters. The third-order valence-electron chi connectivity index (χ3n) is 4.07. The van der Waals surface area contributed by atoms with Crippen molar-refractivity contribution in [2.24, 2.45) is 0 Å². The molecule has 0 saturated carbocycles. The van der Waals surface area contributed by atoms with E-state index in [1.807, 2.05) is 38.1 Å². The van der Waals surface area contributed by atoms with E-state index in [9.17, 15) is 9.59 Å². The number of benzene rings is 2. The number of nitrogens with zero attached hydrogens (tertiary/aromatic N) is 2. The van der Waals surface area contributed by atoms with Gasteiger partial charge < -0.3 is 4.74 Å². The number of aryl methyl sites for hydroxylation is 2. The van der Waals surface area contributed by atoms with Crippen LogP contribution in [0, 0.1) is 13.8 Å². The Balaban J connectivity index is 1.79. The van der Waals surface area contributed by atoms with Crippen molar-refractivity contribution in [2.45, 2.75) is 27.4 Å². The van der Waals surface area contributed by atoms with Gasteiger partial charge in [-0.25, -0.2) is 9.78 Å². The Morgan fingerprint density at radius 2 is 1.70 bits per heavy atom. The Morgan fingerprint density at radius 1 is 1.04 bits per heavy atom. The highest BCUT2D eigenvalue weighted by molar-refractivity contribution is 7.14. The predicted octanol–water partition coefficient (Wildman–Crippen LogP) is 4.80. The lowest BCUT2D eigenvalue weighted by Gasteiger charge is -2.22. The van der Waals surface area contributed by atoms with Gasteiger partial charge in [0.2, 0.25) is 5.91 Å². The average Bonchev–Trinajstić information content (AvgIpc) is 3.11. The van der Waals surface area contributed by atoms with Crippen LogP contribution in [0.25, 0.3) is 0 Å². The van der Waals surface area contributed by atoms with Crippen LogP contribution in [0.1, 0.15) is 34.1 Å². The fourth-order valence-corrected chi connectivity index (χ4v) is 3.67. The maximum Gasteiger partial charge on any atom is 0.338 e. The Morgan fingerprint density at radius 3 is 2.33 bits per heavy atom. The number of esters is 1. The Kier molecular flexibility index (Phi) is 5.66. The summed E-state index contributed by atoms with van der Waals surface area (Å²) in [5, 5.41) is 2.36. The smallest absolute Gasteiger partial charge is 0.338 e. The minimum atomic E-state index is -0.400. The van der Waals surface area contributed by atoms with Crippen molar-refractivity contribution in [1.82, 2.24) is 4.98 Å². The predicted molar refractivity (Wildman–Crippen MR) is 106 cm³/mol. The summed E-state index contributed by atoms with van der Waals surface area (Å²) in [5.41, 5.74) is 3.94. The van der Waals surface area contributed by atoms with E-state index in [0.717, 1.165) is 16.8 Å². The third-order valence-corrected chi connectivity index (χ3v) is 4.94. The fourth-order valence-electron chi connectivity index (χ4n) is 2.81. The number of carbonyl (C=O) groups is 2. The van der Waals surface area contributed by atoms with E-state index < -0.39 is 5.97 Å². The van der Waals surface area contributed by atoms with Crippen molar-refractivity contribution in [2.75, 3.05) is 4.90 Å². The molecule has 1 aromatic heterocycles. The number of rotatable bonds is 5. The first kappa shape index (κ1) is 18.8. The van der Waals surface area contributed by atoms with Crippen molar-refractivity contribution in [3.8, 4) is 0 Å². The van der Waals surface area contributed by atoms with Crippen molar-refractivity contribution < 1.29 is 14.3 Å². The van der Waals surface area contributed by atoms with Crippen molar-refractivity contribution in [1.29, 1.82) is 0 Å². The monoisotopic (exact) mass is 380 g/mol. The second-order valence-electron chi connectivity index (χ2n) is 6.16. The highest BCUT2D eigenvalue weighted by Crippen LogP contribution is 2.33. The van der Waals surface area contributed by atoms with Gasteiger partial charge in [0.15, 0.2) is 5.13 Å². The summed E-state index contributed by atoms with van der Waals surface area (Å²) in [4.78, 5) is 30.5. The van der Waals surface area contributed by atoms with Gasteiger partial charge in [-0.2, -0.15) is 0 Å². The van der Waals surface area contributed by atoms with Gasteiger partial charge in [0, 0.05) is 12.3 Å². The Hall–Kier alpha value is -2.99. The highest BCUT2D eigenvalue weighted by atomic mass is 32.1. The van der Waals surface area contributed by atoms with Gasteiger partial charge in [-0.05, 0) is 37.1 Å². The number of hydrogen-bond acceptors (Lipinski definition) is 5. The van der Waals surface area contributed by atoms with Crippen LogP contribution in [0.5, 0.6) is 0 Å². The summed E-state index contributed by atoms with van der Waals surface area (Å²) in [6.07, 6.45) is 0. The molecule has 1 heterocycles. The second-order valence-corrected chi connectivity index (χ2v) is 6.99. The standard InChI is InChI=1S/C21H20N2O3S/c1-14-8-7-9-15(2)19(14)23(16(3)24)21-22-18(13-27-21)12-26-20(25)17-10-5-4-6-11-17/h4-11,13H,12H2,1-3H3. The molecule has 0 radical (unpaired) electrons. The Labute approximate surface area is 162 Å². The molecule has 0 bridgehead atoms. The topological polar surface area (TPSA) is 59.5 Å². The van der Waals surface area contributed by atoms with Crippen LogP contribution in [0.15, 0.2) is 53.9 Å². The lowest BCUT2D eigenvalue weighted by molar-refractivity contribution is -0.115. The van der Waals surface area contributed by atoms with E-state index in [1.54, 1.807) is 34.5 Å². The van der Waals surface area contributed by atoms with Crippen LogP contribution in [-0.2, 0) is 16.1 Å². The van der Waals surface area contributed by atoms with Gasteiger partial charge in [0.05, 0.1) is 16.9 Å². The van der Waals surface area contributed by atoms with Crippen molar-refractivity contribution >= 4 is 34.0 Å². The van der Waals surface area contributed by atoms with Crippen LogP contribution in [0.2, 0.25) is 0 Å². The van der Waals surface area contributed by atoms with E-state index in [2.05, 4.69) is 4.98 Å². The van der Waals surface area contributed by atoms with E-state index in [1.165, 1.54) is 18.3 Å². The summed E-state index contributed by atoms with van der Waals surface area (Å²) in [5.74, 6) is -0.516. The molecule has 1 amide bonds. The minimum absolute atomic E-state index is 0.0583. The highest BCUT2D eigenvalue weighted by Gasteiger charge is 2.21. The molecule has 2 aromatic carbocycles. The molecule has 0 aliphatic rings. The molecule has 5 nitrogen and oxygen atoms in total. The molecule has 6 heteroatoms. The fraction of sp³-hybridized carbons (Fsp3) is 0.190. The van der Waals surface area contributed by atoms with Gasteiger partial charge in [0.1, 0.15) is 6.61 Å². The molecule has 138 valence electrons. The first-order chi connectivity index (χ1) is 13.0. The number of aromatic nitrogens is 1. The zero-order valence-electron chi connectivity index (χ0n) is 15.4. The van der Waals surface area contributed by atoms with Crippen LogP contribution in [-0.4, -0.2) is 16.9 Å². The lowest BCUT2D eigenvalue weighted by Crippen LogP contribution is -2.24. The summed E-state index contributed by atoms with van der Waals surface area (Å²) >= 11 is 1.35. The maximum absolute atomic E-state index is 12.3. The summed E-state index contributed by atoms with van der Waals surface area (Å²) in [6.45, 7) is 5.51. The number of hydrogen-bond donors (Lipinski definition) is 0. The van der Waals surface area contributed by atoms with Crippen LogP contribution >= 0.6 is 11.3 Å². The first-order valence-electron chi connectivity index (χ1n) is 8.51. The summed E-state index contributed by atoms with van der Waals surface area (Å²) in [6, 6.07) is 14.7. The minimum Gasteiger partial charge on any atom is -0.456 e. The molecular weight excluding hydrogens is 360 g/mol. The van der Waals surface area contributed by atoms with Gasteiger partial charge in [-0.1, -0.05) is 36.4 Å². The van der Waals surface area contributed by atoms with Crippen molar-refractivity contribution in [3.63, 3.8) is 0 Å². The van der Waals surface area contributed by atoms with Crippen LogP contribution in [0.3, 0.4) is 0 Å². The molecule has 3 aromatic rings. The quantitative estimate of drug-likeness (QED) is 0.597.